The number of hydrogen-bond donors (Lipinski definition) is 2. The van der Waals surface area contributed by atoms with Gasteiger partial charge in [0.05, 0.1) is 4.92 Å². The maximum atomic E-state index is 13.4. The molecule has 0 aliphatic carbocycles. The van der Waals surface area contributed by atoms with Crippen LogP contribution in [0.2, 0.25) is 0 Å². The van der Waals surface area contributed by atoms with Gasteiger partial charge in [0, 0.05) is 18.3 Å². The van der Waals surface area contributed by atoms with Gasteiger partial charge in [-0.1, -0.05) is 0 Å². The van der Waals surface area contributed by atoms with E-state index in [0.717, 1.165) is 12.1 Å². The van der Waals surface area contributed by atoms with Crippen molar-refractivity contribution in [2.75, 3.05) is 0 Å². The van der Waals surface area contributed by atoms with E-state index < -0.39 is 16.4 Å². The largest absolute Gasteiger partial charge is 0.489 e. The lowest BCUT2D eigenvalue weighted by molar-refractivity contribution is -0.387. The molecule has 21 heavy (non-hydrogen) atoms. The van der Waals surface area contributed by atoms with Crippen molar-refractivity contribution in [3.05, 3.63) is 63.7 Å². The Hall–Kier alpha value is -3.03. The topological polar surface area (TPSA) is 115 Å². The molecule has 1 aromatic carbocycles. The van der Waals surface area contributed by atoms with Crippen LogP contribution in [-0.2, 0) is 6.61 Å². The van der Waals surface area contributed by atoms with Crippen molar-refractivity contribution in [3.63, 3.8) is 0 Å². The number of benzene rings is 1. The van der Waals surface area contributed by atoms with E-state index in [4.69, 9.17) is 15.9 Å². The van der Waals surface area contributed by atoms with Gasteiger partial charge in [0.25, 0.3) is 0 Å². The number of pyridine rings is 1. The third-order valence-electron chi connectivity index (χ3n) is 2.62. The molecule has 0 spiro atoms. The number of nitrogens with one attached hydrogen (secondary N) is 1. The van der Waals surface area contributed by atoms with Crippen LogP contribution in [-0.4, -0.2) is 15.7 Å². The number of nitrogens with two attached hydrogens (primary N) is 1. The first-order chi connectivity index (χ1) is 9.97. The molecule has 7 nitrogen and oxygen atoms in total. The van der Waals surface area contributed by atoms with Crippen molar-refractivity contribution >= 4 is 11.5 Å². The molecule has 0 radical (unpaired) electrons. The van der Waals surface area contributed by atoms with E-state index in [1.165, 1.54) is 12.3 Å². The average molecular weight is 290 g/mol. The molecule has 1 heterocycles. The van der Waals surface area contributed by atoms with Crippen LogP contribution in [0.1, 0.15) is 11.3 Å². The first kappa shape index (κ1) is 14.4. The van der Waals surface area contributed by atoms with Gasteiger partial charge in [-0.25, -0.2) is 0 Å². The molecule has 0 saturated carbocycles. The number of aromatic nitrogens is 1. The molecule has 1 aromatic heterocycles. The number of rotatable bonds is 5. The number of ether oxygens (including phenoxy) is 1. The van der Waals surface area contributed by atoms with E-state index in [9.17, 15) is 14.5 Å². The van der Waals surface area contributed by atoms with E-state index in [0.29, 0.717) is 11.3 Å². The molecule has 0 saturated heterocycles. The van der Waals surface area contributed by atoms with Gasteiger partial charge in [0.2, 0.25) is 5.82 Å². The lowest BCUT2D eigenvalue weighted by atomic mass is 10.2. The van der Waals surface area contributed by atoms with E-state index in [1.54, 1.807) is 12.1 Å². The minimum absolute atomic E-state index is 0.0973. The fraction of sp³-hybridized carbons (Fsp3) is 0.0769. The third kappa shape index (κ3) is 3.50. The average Bonchev–Trinajstić information content (AvgIpc) is 2.45. The quantitative estimate of drug-likeness (QED) is 0.378. The molecule has 0 aliphatic heterocycles. The van der Waals surface area contributed by atoms with Gasteiger partial charge >= 0.3 is 5.69 Å². The summed E-state index contributed by atoms with van der Waals surface area (Å²) in [7, 11) is 0. The maximum Gasteiger partial charge on any atom is 0.305 e. The molecule has 2 aromatic rings. The zero-order valence-corrected chi connectivity index (χ0v) is 10.7. The first-order valence-corrected chi connectivity index (χ1v) is 5.83. The van der Waals surface area contributed by atoms with Crippen molar-refractivity contribution in [2.24, 2.45) is 5.73 Å². The Morgan fingerprint density at radius 2 is 2.19 bits per heavy atom. The summed E-state index contributed by atoms with van der Waals surface area (Å²) in [5.41, 5.74) is 5.71. The van der Waals surface area contributed by atoms with Crippen LogP contribution in [0.3, 0.4) is 0 Å². The number of nitro benzene ring substituents is 1. The van der Waals surface area contributed by atoms with Crippen LogP contribution < -0.4 is 10.5 Å². The van der Waals surface area contributed by atoms with Gasteiger partial charge < -0.3 is 10.5 Å². The minimum atomic E-state index is -0.961. The molecule has 3 N–H and O–H groups in total. The van der Waals surface area contributed by atoms with Crippen molar-refractivity contribution in [2.45, 2.75) is 6.61 Å². The summed E-state index contributed by atoms with van der Waals surface area (Å²) in [5.74, 6) is -0.964. The Kier molecular flexibility index (Phi) is 4.07. The fourth-order valence-electron chi connectivity index (χ4n) is 1.60. The predicted octanol–water partition coefficient (Wildman–Crippen LogP) is 1.99. The summed E-state index contributed by atoms with van der Waals surface area (Å²) < 4.78 is 18.8. The van der Waals surface area contributed by atoms with E-state index in [-0.39, 0.29) is 18.2 Å². The predicted molar refractivity (Wildman–Crippen MR) is 72.6 cm³/mol. The van der Waals surface area contributed by atoms with Crippen LogP contribution in [0.5, 0.6) is 5.75 Å². The minimum Gasteiger partial charge on any atom is -0.489 e. The van der Waals surface area contributed by atoms with Crippen LogP contribution in [0.4, 0.5) is 10.1 Å². The molecule has 0 fully saturated rings. The summed E-state index contributed by atoms with van der Waals surface area (Å²) in [4.78, 5) is 13.6. The van der Waals surface area contributed by atoms with E-state index in [1.807, 2.05) is 0 Å². The molecule has 0 aliphatic rings. The first-order valence-electron chi connectivity index (χ1n) is 5.83. The second-order valence-electron chi connectivity index (χ2n) is 4.12. The number of halogens is 1. The Bertz CT molecular complexity index is 706. The summed E-state index contributed by atoms with van der Waals surface area (Å²) in [6.45, 7) is 0.0973. The van der Waals surface area contributed by atoms with Crippen LogP contribution >= 0.6 is 0 Å². The molecule has 0 bridgehead atoms. The lowest BCUT2D eigenvalue weighted by Gasteiger charge is -2.07. The molecule has 8 heteroatoms. The molecule has 108 valence electrons. The number of nitrogens with zero attached hydrogens (tertiary/aromatic N) is 2. The van der Waals surface area contributed by atoms with Crippen LogP contribution in [0.15, 0.2) is 36.5 Å². The Labute approximate surface area is 118 Å². The SMILES string of the molecule is N=C(N)c1cc(COc2ccc([N+](=O)[O-])c(F)c2)ccn1. The Morgan fingerprint density at radius 1 is 1.43 bits per heavy atom. The summed E-state index contributed by atoms with van der Waals surface area (Å²) in [6.07, 6.45) is 1.48. The second-order valence-corrected chi connectivity index (χ2v) is 4.12. The molecule has 2 rings (SSSR count). The van der Waals surface area contributed by atoms with Gasteiger partial charge in [-0.15, -0.1) is 0 Å². The smallest absolute Gasteiger partial charge is 0.305 e. The summed E-state index contributed by atoms with van der Waals surface area (Å²) in [5, 5.41) is 17.8. The number of nitro groups is 1. The molecular formula is C13H11FN4O3. The highest BCUT2D eigenvalue weighted by molar-refractivity contribution is 5.93. The van der Waals surface area contributed by atoms with E-state index >= 15 is 0 Å². The highest BCUT2D eigenvalue weighted by Crippen LogP contribution is 2.23. The fourth-order valence-corrected chi connectivity index (χ4v) is 1.60. The van der Waals surface area contributed by atoms with Gasteiger partial charge in [0.15, 0.2) is 0 Å². The molecular weight excluding hydrogens is 279 g/mol. The van der Waals surface area contributed by atoms with Crippen LogP contribution in [0.25, 0.3) is 0 Å². The molecule has 0 atom stereocenters. The van der Waals surface area contributed by atoms with E-state index in [2.05, 4.69) is 4.98 Å². The zero-order valence-electron chi connectivity index (χ0n) is 10.7. The highest BCUT2D eigenvalue weighted by Gasteiger charge is 2.14. The molecule has 0 unspecified atom stereocenters. The Morgan fingerprint density at radius 3 is 2.81 bits per heavy atom. The van der Waals surface area contributed by atoms with Crippen molar-refractivity contribution in [3.8, 4) is 5.75 Å². The zero-order chi connectivity index (χ0) is 15.4. The second kappa shape index (κ2) is 5.95. The number of hydrogen-bond acceptors (Lipinski definition) is 5. The summed E-state index contributed by atoms with van der Waals surface area (Å²) >= 11 is 0. The molecule has 0 amide bonds. The normalized spacial score (nSPS) is 10.1. The number of amidine groups is 1. The van der Waals surface area contributed by atoms with Gasteiger partial charge in [-0.3, -0.25) is 20.5 Å². The van der Waals surface area contributed by atoms with Gasteiger partial charge in [-0.2, -0.15) is 4.39 Å². The lowest BCUT2D eigenvalue weighted by Crippen LogP contribution is -2.13. The van der Waals surface area contributed by atoms with Gasteiger partial charge in [0.1, 0.15) is 23.9 Å². The van der Waals surface area contributed by atoms with Crippen LogP contribution in [0, 0.1) is 21.3 Å². The Balaban J connectivity index is 2.10. The van der Waals surface area contributed by atoms with Crippen molar-refractivity contribution in [1.29, 1.82) is 5.41 Å². The monoisotopic (exact) mass is 290 g/mol. The van der Waals surface area contributed by atoms with Crippen molar-refractivity contribution in [1.82, 2.24) is 4.98 Å². The van der Waals surface area contributed by atoms with Gasteiger partial charge in [-0.05, 0) is 23.8 Å². The standard InChI is InChI=1S/C13H11FN4O3/c14-10-6-9(1-2-12(10)18(19)20)21-7-8-3-4-17-11(5-8)13(15)16/h1-6H,7H2,(H3,15,16). The third-order valence-corrected chi connectivity index (χ3v) is 2.62. The summed E-state index contributed by atoms with van der Waals surface area (Å²) in [6, 6.07) is 6.54. The number of nitrogen functional groups attached to an aromatic ring is 1. The highest BCUT2D eigenvalue weighted by atomic mass is 19.1. The maximum absolute atomic E-state index is 13.4. The van der Waals surface area contributed by atoms with Crippen molar-refractivity contribution < 1.29 is 14.1 Å².